The van der Waals surface area contributed by atoms with Gasteiger partial charge in [-0.2, -0.15) is 74.6 Å². The molecule has 0 aliphatic rings. The number of esters is 1. The summed E-state index contributed by atoms with van der Waals surface area (Å²) in [7, 11) is 0. The SMILES string of the molecule is CCC(=C(N)C(=O)OC(F)(F)C(F)(F)C(F)(F)C(F)(F)C(F)(F)C(F)(F)C(F)(F)C(F)(F)F)S(=O)O. The van der Waals surface area contributed by atoms with Crippen LogP contribution >= 0.6 is 0 Å². The molecule has 36 heavy (non-hydrogen) atoms. The molecule has 0 bridgehead atoms. The predicted octanol–water partition coefficient (Wildman–Crippen LogP) is 5.30. The fourth-order valence-electron chi connectivity index (χ4n) is 1.91. The quantitative estimate of drug-likeness (QED) is 0.155. The minimum Gasteiger partial charge on any atom is -0.392 e. The summed E-state index contributed by atoms with van der Waals surface area (Å²) in [5.41, 5.74) is 2.64. The molecule has 5 nitrogen and oxygen atoms in total. The third-order valence-electron chi connectivity index (χ3n) is 3.97. The van der Waals surface area contributed by atoms with Crippen LogP contribution in [0, 0.1) is 0 Å². The van der Waals surface area contributed by atoms with Crippen LogP contribution in [0.15, 0.2) is 10.6 Å². The molecule has 214 valence electrons. The molecule has 0 aliphatic carbocycles. The van der Waals surface area contributed by atoms with Gasteiger partial charge in [-0.25, -0.2) is 9.00 Å². The molecule has 0 heterocycles. The molecule has 0 aromatic carbocycles. The number of rotatable bonds is 10. The van der Waals surface area contributed by atoms with Crippen LogP contribution < -0.4 is 5.73 Å². The van der Waals surface area contributed by atoms with Gasteiger partial charge in [0, 0.05) is 0 Å². The van der Waals surface area contributed by atoms with Crippen molar-refractivity contribution in [2.75, 3.05) is 0 Å². The maximum Gasteiger partial charge on any atom is 0.473 e. The Hall–Kier alpha value is -2.07. The Bertz CT molecular complexity index is 911. The highest BCUT2D eigenvalue weighted by atomic mass is 32.2. The van der Waals surface area contributed by atoms with Crippen LogP contribution in [0.5, 0.6) is 0 Å². The monoisotopic (exact) mass is 597 g/mol. The standard InChI is InChI=1S/C13H8F17NO4S/c1-2-3(36(33)34)4(31)5(32)35-13(29,30)11(24,25)9(20,21)7(16,17)6(14,15)8(18,19)10(22,23)12(26,27)28/h2,31H2,1H3,(H,33,34). The van der Waals surface area contributed by atoms with E-state index in [4.69, 9.17) is 4.55 Å². The highest BCUT2D eigenvalue weighted by Crippen LogP contribution is 2.64. The van der Waals surface area contributed by atoms with Gasteiger partial charge < -0.3 is 15.0 Å². The van der Waals surface area contributed by atoms with Crippen molar-refractivity contribution in [1.82, 2.24) is 0 Å². The largest absolute Gasteiger partial charge is 0.473 e. The van der Waals surface area contributed by atoms with Crippen LogP contribution in [0.25, 0.3) is 0 Å². The summed E-state index contributed by atoms with van der Waals surface area (Å²) in [5, 5.41) is 0. The first-order chi connectivity index (χ1) is 15.4. The normalized spacial score (nSPS) is 17.0. The van der Waals surface area contributed by atoms with Crippen molar-refractivity contribution in [2.45, 2.75) is 61.2 Å². The molecule has 0 amide bonds. The summed E-state index contributed by atoms with van der Waals surface area (Å²) in [6, 6.07) is 0. The summed E-state index contributed by atoms with van der Waals surface area (Å²) >= 11 is -3.36. The highest BCUT2D eigenvalue weighted by Gasteiger charge is 2.95. The summed E-state index contributed by atoms with van der Waals surface area (Å²) in [5.74, 6) is -54.8. The van der Waals surface area contributed by atoms with E-state index in [1.54, 1.807) is 0 Å². The second-order valence-corrected chi connectivity index (χ2v) is 7.28. The number of alkyl halides is 17. The summed E-state index contributed by atoms with van der Waals surface area (Å²) in [6.45, 7) is 0.837. The third kappa shape index (κ3) is 4.78. The number of hydrogen-bond donors (Lipinski definition) is 2. The van der Waals surface area contributed by atoms with Gasteiger partial charge in [-0.05, 0) is 6.42 Å². The Kier molecular flexibility index (Phi) is 8.81. The second-order valence-electron chi connectivity index (χ2n) is 6.29. The van der Waals surface area contributed by atoms with Crippen molar-refractivity contribution in [1.29, 1.82) is 0 Å². The predicted molar refractivity (Wildman–Crippen MR) is 79.1 cm³/mol. The number of carbonyl (C=O) groups is 1. The topological polar surface area (TPSA) is 89.6 Å². The van der Waals surface area contributed by atoms with Crippen LogP contribution in [-0.4, -0.2) is 62.6 Å². The van der Waals surface area contributed by atoms with Crippen LogP contribution in [0.3, 0.4) is 0 Å². The van der Waals surface area contributed by atoms with Crippen molar-refractivity contribution in [3.63, 3.8) is 0 Å². The lowest BCUT2D eigenvalue weighted by Crippen LogP contribution is -2.74. The summed E-state index contributed by atoms with van der Waals surface area (Å²) in [6.07, 6.45) is -16.2. The van der Waals surface area contributed by atoms with E-state index in [0.29, 0.717) is 0 Å². The van der Waals surface area contributed by atoms with Crippen LogP contribution in [0.1, 0.15) is 13.3 Å². The minimum atomic E-state index is -8.85. The van der Waals surface area contributed by atoms with E-state index in [9.17, 15) is 83.6 Å². The molecule has 0 aliphatic heterocycles. The second kappa shape index (κ2) is 9.35. The van der Waals surface area contributed by atoms with E-state index in [1.165, 1.54) is 0 Å². The van der Waals surface area contributed by atoms with Gasteiger partial charge in [0.05, 0.1) is 4.91 Å². The molecule has 0 radical (unpaired) electrons. The maximum absolute atomic E-state index is 13.6. The van der Waals surface area contributed by atoms with Crippen LogP contribution in [0.2, 0.25) is 0 Å². The molecule has 0 aromatic heterocycles. The highest BCUT2D eigenvalue weighted by molar-refractivity contribution is 7.83. The molecular formula is C13H8F17NO4S. The van der Waals surface area contributed by atoms with Gasteiger partial charge >= 0.3 is 53.8 Å². The van der Waals surface area contributed by atoms with Gasteiger partial charge in [0.1, 0.15) is 5.70 Å². The van der Waals surface area contributed by atoms with Gasteiger partial charge in [0.2, 0.25) is 0 Å². The van der Waals surface area contributed by atoms with Gasteiger partial charge in [0.15, 0.2) is 11.1 Å². The number of nitrogens with two attached hydrogens (primary N) is 1. The Morgan fingerprint density at radius 1 is 0.694 bits per heavy atom. The fourth-order valence-corrected chi connectivity index (χ4v) is 2.43. The average Bonchev–Trinajstić information content (AvgIpc) is 2.65. The molecule has 0 saturated carbocycles. The molecule has 0 fully saturated rings. The molecular weight excluding hydrogens is 589 g/mol. The molecule has 1 atom stereocenters. The lowest BCUT2D eigenvalue weighted by Gasteiger charge is -2.42. The Morgan fingerprint density at radius 3 is 1.28 bits per heavy atom. The lowest BCUT2D eigenvalue weighted by atomic mass is 9.90. The van der Waals surface area contributed by atoms with E-state index >= 15 is 0 Å². The van der Waals surface area contributed by atoms with Crippen molar-refractivity contribution in [2.24, 2.45) is 5.73 Å². The van der Waals surface area contributed by atoms with E-state index in [1.807, 2.05) is 0 Å². The zero-order chi connectivity index (χ0) is 29.7. The molecule has 0 rings (SSSR count). The number of halogens is 17. The van der Waals surface area contributed by atoms with E-state index in [-0.39, 0.29) is 0 Å². The average molecular weight is 597 g/mol. The third-order valence-corrected chi connectivity index (χ3v) is 4.90. The van der Waals surface area contributed by atoms with Crippen molar-refractivity contribution in [3.8, 4) is 0 Å². The number of hydrogen-bond acceptors (Lipinski definition) is 4. The number of ether oxygens (including phenoxy) is 1. The van der Waals surface area contributed by atoms with E-state index < -0.39 is 81.9 Å². The Morgan fingerprint density at radius 2 is 1.00 bits per heavy atom. The van der Waals surface area contributed by atoms with Crippen molar-refractivity contribution < 1.29 is 92.9 Å². The Labute approximate surface area is 188 Å². The molecule has 0 aromatic rings. The smallest absolute Gasteiger partial charge is 0.392 e. The lowest BCUT2D eigenvalue weighted by molar-refractivity contribution is -0.473. The zero-order valence-corrected chi connectivity index (χ0v) is 17.1. The number of allylic oxidation sites excluding steroid dienone is 1. The first-order valence-corrected chi connectivity index (χ1v) is 9.08. The minimum absolute atomic E-state index is 0.837. The van der Waals surface area contributed by atoms with Crippen LogP contribution in [-0.2, 0) is 20.6 Å². The molecule has 0 spiro atoms. The van der Waals surface area contributed by atoms with Crippen molar-refractivity contribution >= 4 is 17.0 Å². The fraction of sp³-hybridized carbons (Fsp3) is 0.769. The van der Waals surface area contributed by atoms with Gasteiger partial charge in [-0.15, -0.1) is 0 Å². The number of carbonyl (C=O) groups excluding carboxylic acids is 1. The molecule has 23 heteroatoms. The summed E-state index contributed by atoms with van der Waals surface area (Å²) < 4.78 is 244. The van der Waals surface area contributed by atoms with Crippen LogP contribution in [0.4, 0.5) is 74.6 Å². The van der Waals surface area contributed by atoms with Gasteiger partial charge in [-0.3, -0.25) is 0 Å². The first kappa shape index (κ1) is 33.9. The molecule has 1 unspecified atom stereocenters. The van der Waals surface area contributed by atoms with E-state index in [2.05, 4.69) is 10.5 Å². The first-order valence-electron chi connectivity index (χ1n) is 7.98. The van der Waals surface area contributed by atoms with E-state index in [0.717, 1.165) is 6.92 Å². The van der Waals surface area contributed by atoms with Gasteiger partial charge in [-0.1, -0.05) is 6.92 Å². The Balaban J connectivity index is 6.75. The molecule has 0 saturated heterocycles. The maximum atomic E-state index is 13.6. The zero-order valence-electron chi connectivity index (χ0n) is 16.3. The van der Waals surface area contributed by atoms with Crippen molar-refractivity contribution in [3.05, 3.63) is 10.6 Å². The summed E-state index contributed by atoms with van der Waals surface area (Å²) in [4.78, 5) is 9.96. The molecule has 3 N–H and O–H groups in total. The van der Waals surface area contributed by atoms with Gasteiger partial charge in [0.25, 0.3) is 0 Å².